The molecule has 6 atom stereocenters. The number of benzene rings is 2. The van der Waals surface area contributed by atoms with Gasteiger partial charge in [-0.1, -0.05) is 11.8 Å². The minimum absolute atomic E-state index is 0.0229. The summed E-state index contributed by atoms with van der Waals surface area (Å²) in [5, 5.41) is 22.3. The SMILES string of the molecule is COc1ccc(C#Cc2ccc(O)c3c2C[C@@H]2C[C@@H]4[C@@H](N(C)C)C(=O)C(C(N)=O)C(=O)[C@]4(O)C(=O)C2C3=O)cc1. The molecule has 3 aliphatic rings. The van der Waals surface area contributed by atoms with Crippen molar-refractivity contribution >= 4 is 29.0 Å². The highest BCUT2D eigenvalue weighted by Gasteiger charge is 2.69. The van der Waals surface area contributed by atoms with Gasteiger partial charge in [-0.15, -0.1) is 0 Å². The zero-order chi connectivity index (χ0) is 29.1. The van der Waals surface area contributed by atoms with Crippen LogP contribution in [0.5, 0.6) is 11.5 Å². The van der Waals surface area contributed by atoms with Crippen molar-refractivity contribution in [3.8, 4) is 23.3 Å². The van der Waals surface area contributed by atoms with E-state index < -0.39 is 64.4 Å². The number of nitrogens with zero attached hydrogens (tertiary/aromatic N) is 1. The maximum absolute atomic E-state index is 13.9. The van der Waals surface area contributed by atoms with Gasteiger partial charge in [0, 0.05) is 17.0 Å². The number of nitrogens with two attached hydrogens (primary N) is 1. The van der Waals surface area contributed by atoms with E-state index in [1.165, 1.54) is 11.0 Å². The molecule has 0 radical (unpaired) electrons. The lowest BCUT2D eigenvalue weighted by atomic mass is 9.52. The number of ketones is 4. The Hall–Kier alpha value is -4.33. The molecule has 3 aliphatic carbocycles. The zero-order valence-electron chi connectivity index (χ0n) is 22.1. The molecule has 2 saturated carbocycles. The lowest BCUT2D eigenvalue weighted by molar-refractivity contribution is -0.181. The van der Waals surface area contributed by atoms with E-state index in [-0.39, 0.29) is 24.2 Å². The van der Waals surface area contributed by atoms with Crippen molar-refractivity contribution in [1.82, 2.24) is 4.90 Å². The van der Waals surface area contributed by atoms with Crippen LogP contribution < -0.4 is 10.5 Å². The predicted octanol–water partition coefficient (Wildman–Crippen LogP) is 0.275. The normalized spacial score (nSPS) is 29.2. The summed E-state index contributed by atoms with van der Waals surface area (Å²) in [5.74, 6) is -4.06. The molecule has 2 unspecified atom stereocenters. The van der Waals surface area contributed by atoms with Gasteiger partial charge in [-0.25, -0.2) is 0 Å². The Balaban J connectivity index is 1.59. The molecule has 10 nitrogen and oxygen atoms in total. The first-order valence-corrected chi connectivity index (χ1v) is 12.8. The second-order valence-electron chi connectivity index (χ2n) is 10.8. The van der Waals surface area contributed by atoms with Crippen LogP contribution in [0, 0.1) is 35.5 Å². The third-order valence-corrected chi connectivity index (χ3v) is 8.38. The van der Waals surface area contributed by atoms with E-state index in [9.17, 15) is 34.2 Å². The molecule has 4 N–H and O–H groups in total. The fourth-order valence-corrected chi connectivity index (χ4v) is 6.54. The smallest absolute Gasteiger partial charge is 0.235 e. The van der Waals surface area contributed by atoms with Crippen molar-refractivity contribution < 1.29 is 38.9 Å². The molecule has 5 rings (SSSR count). The number of carbonyl (C=O) groups excluding carboxylic acids is 5. The van der Waals surface area contributed by atoms with Gasteiger partial charge in [0.15, 0.2) is 34.7 Å². The Morgan fingerprint density at radius 2 is 1.73 bits per heavy atom. The molecule has 0 aromatic heterocycles. The van der Waals surface area contributed by atoms with E-state index in [0.29, 0.717) is 22.4 Å². The Morgan fingerprint density at radius 1 is 1.05 bits per heavy atom. The number of ether oxygens (including phenoxy) is 1. The van der Waals surface area contributed by atoms with Crippen LogP contribution in [0.25, 0.3) is 0 Å². The third kappa shape index (κ3) is 3.93. The number of fused-ring (bicyclic) bond motifs is 3. The summed E-state index contributed by atoms with van der Waals surface area (Å²) >= 11 is 0. The number of hydrogen-bond donors (Lipinski definition) is 3. The molecule has 40 heavy (non-hydrogen) atoms. The van der Waals surface area contributed by atoms with Crippen LogP contribution in [0.2, 0.25) is 0 Å². The molecule has 0 heterocycles. The fraction of sp³-hybridized carbons (Fsp3) is 0.367. The highest BCUT2D eigenvalue weighted by atomic mass is 16.5. The first-order chi connectivity index (χ1) is 18.9. The van der Waals surface area contributed by atoms with E-state index in [2.05, 4.69) is 11.8 Å². The summed E-state index contributed by atoms with van der Waals surface area (Å²) in [5.41, 5.74) is 4.13. The van der Waals surface area contributed by atoms with Gasteiger partial charge in [0.05, 0.1) is 24.6 Å². The van der Waals surface area contributed by atoms with Crippen LogP contribution in [-0.4, -0.2) is 77.0 Å². The molecule has 0 spiro atoms. The minimum Gasteiger partial charge on any atom is -0.507 e. The van der Waals surface area contributed by atoms with Gasteiger partial charge in [0.2, 0.25) is 5.91 Å². The van der Waals surface area contributed by atoms with Crippen LogP contribution in [0.3, 0.4) is 0 Å². The summed E-state index contributed by atoms with van der Waals surface area (Å²) in [4.78, 5) is 67.7. The number of hydrogen-bond acceptors (Lipinski definition) is 9. The Kier molecular flexibility index (Phi) is 6.60. The maximum atomic E-state index is 13.9. The monoisotopic (exact) mass is 544 g/mol. The summed E-state index contributed by atoms with van der Waals surface area (Å²) in [6.07, 6.45) is 0.123. The van der Waals surface area contributed by atoms with Crippen molar-refractivity contribution in [1.29, 1.82) is 0 Å². The largest absolute Gasteiger partial charge is 0.507 e. The van der Waals surface area contributed by atoms with E-state index >= 15 is 0 Å². The number of aromatic hydroxyl groups is 1. The number of methoxy groups -OCH3 is 1. The molecule has 2 aromatic carbocycles. The highest BCUT2D eigenvalue weighted by Crippen LogP contribution is 2.50. The molecule has 10 heteroatoms. The number of primary amides is 1. The molecular weight excluding hydrogens is 516 g/mol. The van der Waals surface area contributed by atoms with E-state index in [1.54, 1.807) is 51.5 Å². The zero-order valence-corrected chi connectivity index (χ0v) is 22.1. The highest BCUT2D eigenvalue weighted by molar-refractivity contribution is 6.32. The number of aliphatic hydroxyl groups is 1. The molecule has 206 valence electrons. The summed E-state index contributed by atoms with van der Waals surface area (Å²) < 4.78 is 5.16. The van der Waals surface area contributed by atoms with Crippen LogP contribution in [0.4, 0.5) is 0 Å². The standard InChI is InChI=1S/C30H28N2O8/c1-32(2)24-19-13-16-12-18-15(7-4-14-5-9-17(40-3)10-6-14)8-11-20(33)22(18)25(34)21(16)27(36)30(19,39)28(37)23(26(24)35)29(31)38/h5-6,8-11,16,19,21,23-24,33,39H,12-13H2,1-3H3,(H2,31,38)/t16-,19-,21?,23?,24-,30-/m1/s1. The second kappa shape index (κ2) is 9.70. The third-order valence-electron chi connectivity index (χ3n) is 8.38. The molecule has 1 amide bonds. The Bertz CT molecular complexity index is 1530. The average molecular weight is 545 g/mol. The Labute approximate surface area is 230 Å². The van der Waals surface area contributed by atoms with Crippen LogP contribution in [0.15, 0.2) is 36.4 Å². The predicted molar refractivity (Wildman–Crippen MR) is 140 cm³/mol. The molecule has 0 saturated heterocycles. The van der Waals surface area contributed by atoms with Crippen LogP contribution in [0.1, 0.15) is 33.5 Å². The summed E-state index contributed by atoms with van der Waals surface area (Å²) in [6.45, 7) is 0. The molecule has 2 fully saturated rings. The molecule has 2 aromatic rings. The number of amides is 1. The van der Waals surface area contributed by atoms with Crippen molar-refractivity contribution in [3.63, 3.8) is 0 Å². The summed E-state index contributed by atoms with van der Waals surface area (Å²) in [7, 11) is 4.64. The molecule has 0 aliphatic heterocycles. The van der Waals surface area contributed by atoms with E-state index in [0.717, 1.165) is 0 Å². The molecular formula is C30H28N2O8. The fourth-order valence-electron chi connectivity index (χ4n) is 6.54. The van der Waals surface area contributed by atoms with Crippen LogP contribution >= 0.6 is 0 Å². The van der Waals surface area contributed by atoms with Gasteiger partial charge in [-0.2, -0.15) is 0 Å². The number of phenols is 1. The lowest BCUT2D eigenvalue weighted by Gasteiger charge is -2.52. The Morgan fingerprint density at radius 3 is 2.33 bits per heavy atom. The number of carbonyl (C=O) groups is 5. The van der Waals surface area contributed by atoms with Gasteiger partial charge in [-0.3, -0.25) is 28.9 Å². The van der Waals surface area contributed by atoms with Crippen LogP contribution in [-0.2, 0) is 25.6 Å². The lowest BCUT2D eigenvalue weighted by Crippen LogP contribution is -2.74. The van der Waals surface area contributed by atoms with Gasteiger partial charge >= 0.3 is 0 Å². The average Bonchev–Trinajstić information content (AvgIpc) is 2.90. The van der Waals surface area contributed by atoms with Crippen molar-refractivity contribution in [2.45, 2.75) is 24.5 Å². The number of likely N-dealkylation sites (N-methyl/N-ethyl adjacent to an activating group) is 1. The minimum atomic E-state index is -2.75. The topological polar surface area (TPSA) is 164 Å². The van der Waals surface area contributed by atoms with Gasteiger partial charge in [0.25, 0.3) is 0 Å². The number of rotatable bonds is 3. The first kappa shape index (κ1) is 27.2. The van der Waals surface area contributed by atoms with Crippen molar-refractivity contribution in [2.75, 3.05) is 21.2 Å². The number of Topliss-reactive ketones (excluding diaryl/α,β-unsaturated/α-hetero) is 4. The van der Waals surface area contributed by atoms with Gasteiger partial charge in [-0.05, 0) is 74.8 Å². The van der Waals surface area contributed by atoms with Crippen molar-refractivity contribution in [3.05, 3.63) is 58.7 Å². The van der Waals surface area contributed by atoms with Gasteiger partial charge < -0.3 is 20.7 Å². The van der Waals surface area contributed by atoms with E-state index in [1.807, 2.05) is 0 Å². The maximum Gasteiger partial charge on any atom is 0.235 e. The second-order valence-corrected chi connectivity index (χ2v) is 10.8. The van der Waals surface area contributed by atoms with Crippen molar-refractivity contribution in [2.24, 2.45) is 29.4 Å². The summed E-state index contributed by atoms with van der Waals surface area (Å²) in [6, 6.07) is 8.82. The first-order valence-electron chi connectivity index (χ1n) is 12.8. The number of phenolic OH excluding ortho intramolecular Hbond substituents is 1. The quantitative estimate of drug-likeness (QED) is 0.364. The van der Waals surface area contributed by atoms with Gasteiger partial charge in [0.1, 0.15) is 11.5 Å². The van der Waals surface area contributed by atoms with E-state index in [4.69, 9.17) is 10.5 Å². The molecule has 0 bridgehead atoms.